The molecule has 0 amide bonds. The van der Waals surface area contributed by atoms with Gasteiger partial charge < -0.3 is 4.90 Å². The highest BCUT2D eigenvalue weighted by Gasteiger charge is 2.14. The van der Waals surface area contributed by atoms with Gasteiger partial charge in [0.05, 0.1) is 0 Å². The van der Waals surface area contributed by atoms with Gasteiger partial charge in [-0.2, -0.15) is 0 Å². The normalized spacial score (nSPS) is 11.3. The molecule has 0 saturated heterocycles. The Bertz CT molecular complexity index is 367. The van der Waals surface area contributed by atoms with Crippen LogP contribution in [0.15, 0.2) is 22.7 Å². The fraction of sp³-hybridized carbons (Fsp3) is 0.600. The van der Waals surface area contributed by atoms with Crippen LogP contribution in [0.4, 0.5) is 5.69 Å². The van der Waals surface area contributed by atoms with E-state index in [1.807, 2.05) is 0 Å². The second-order valence-corrected chi connectivity index (χ2v) is 6.78. The monoisotopic (exact) mass is 331 g/mol. The van der Waals surface area contributed by atoms with E-state index in [-0.39, 0.29) is 0 Å². The van der Waals surface area contributed by atoms with E-state index in [9.17, 15) is 0 Å². The Morgan fingerprint density at radius 3 is 2.11 bits per heavy atom. The van der Waals surface area contributed by atoms with Crippen molar-refractivity contribution in [2.75, 3.05) is 18.0 Å². The van der Waals surface area contributed by atoms with Gasteiger partial charge in [0.25, 0.3) is 0 Å². The van der Waals surface area contributed by atoms with Gasteiger partial charge in [-0.3, -0.25) is 0 Å². The van der Waals surface area contributed by atoms with Crippen molar-refractivity contribution in [2.45, 2.75) is 33.6 Å². The number of alkyl halides is 1. The molecule has 102 valence electrons. The minimum atomic E-state index is 0.565. The van der Waals surface area contributed by atoms with Crippen LogP contribution in [-0.4, -0.2) is 13.1 Å². The van der Waals surface area contributed by atoms with Crippen LogP contribution in [-0.2, 0) is 5.88 Å². The summed E-state index contributed by atoms with van der Waals surface area (Å²) in [7, 11) is 0. The lowest BCUT2D eigenvalue weighted by atomic mass is 10.1. The molecular formula is C15H23BrClN. The third-order valence-corrected chi connectivity index (χ3v) is 3.48. The summed E-state index contributed by atoms with van der Waals surface area (Å²) in [5.41, 5.74) is 2.47. The topological polar surface area (TPSA) is 3.24 Å². The molecule has 0 spiro atoms. The van der Waals surface area contributed by atoms with Crippen molar-refractivity contribution in [3.05, 3.63) is 28.2 Å². The Hall–Kier alpha value is -0.210. The van der Waals surface area contributed by atoms with E-state index < -0.39 is 0 Å². The summed E-state index contributed by atoms with van der Waals surface area (Å²) < 4.78 is 1.11. The standard InChI is InChI=1S/C15H23BrClN/c1-11(2)9-18(10-12(3)4)15-7-14(16)6-5-13(15)8-17/h5-7,11-12H,8-10H2,1-4H3. The van der Waals surface area contributed by atoms with Gasteiger partial charge in [0.2, 0.25) is 0 Å². The molecule has 0 radical (unpaired) electrons. The van der Waals surface area contributed by atoms with Crippen LogP contribution in [0.5, 0.6) is 0 Å². The maximum absolute atomic E-state index is 6.06. The quantitative estimate of drug-likeness (QED) is 0.638. The molecule has 0 bridgehead atoms. The van der Waals surface area contributed by atoms with Crippen LogP contribution in [0.2, 0.25) is 0 Å². The lowest BCUT2D eigenvalue weighted by Gasteiger charge is -2.30. The first-order valence-corrected chi connectivity index (χ1v) is 7.86. The number of hydrogen-bond acceptors (Lipinski definition) is 1. The number of anilines is 1. The fourth-order valence-corrected chi connectivity index (χ4v) is 2.67. The van der Waals surface area contributed by atoms with Crippen molar-refractivity contribution in [2.24, 2.45) is 11.8 Å². The summed E-state index contributed by atoms with van der Waals surface area (Å²) >= 11 is 9.62. The molecule has 1 aromatic rings. The Balaban J connectivity index is 3.05. The molecule has 0 fully saturated rings. The first-order valence-electron chi connectivity index (χ1n) is 6.53. The zero-order chi connectivity index (χ0) is 13.7. The van der Waals surface area contributed by atoms with Gasteiger partial charge in [-0.25, -0.2) is 0 Å². The second-order valence-electron chi connectivity index (χ2n) is 5.60. The fourth-order valence-electron chi connectivity index (χ4n) is 2.10. The minimum absolute atomic E-state index is 0.565. The zero-order valence-electron chi connectivity index (χ0n) is 11.7. The predicted octanol–water partition coefficient (Wildman–Crippen LogP) is 5.31. The molecule has 0 aliphatic rings. The van der Waals surface area contributed by atoms with Gasteiger partial charge >= 0.3 is 0 Å². The Morgan fingerprint density at radius 2 is 1.67 bits per heavy atom. The molecule has 3 heteroatoms. The Morgan fingerprint density at radius 1 is 1.11 bits per heavy atom. The van der Waals surface area contributed by atoms with Crippen molar-refractivity contribution < 1.29 is 0 Å². The molecule has 0 N–H and O–H groups in total. The van der Waals surface area contributed by atoms with Gasteiger partial charge in [-0.05, 0) is 29.5 Å². The predicted molar refractivity (Wildman–Crippen MR) is 85.6 cm³/mol. The van der Waals surface area contributed by atoms with E-state index >= 15 is 0 Å². The van der Waals surface area contributed by atoms with E-state index in [4.69, 9.17) is 11.6 Å². The summed E-state index contributed by atoms with van der Waals surface area (Å²) in [6.45, 7) is 11.2. The first kappa shape index (κ1) is 15.8. The van der Waals surface area contributed by atoms with Gasteiger partial charge in [0.1, 0.15) is 0 Å². The van der Waals surface area contributed by atoms with Crippen LogP contribution < -0.4 is 4.90 Å². The SMILES string of the molecule is CC(C)CN(CC(C)C)c1cc(Br)ccc1CCl. The van der Waals surface area contributed by atoms with Crippen LogP contribution in [0.1, 0.15) is 33.3 Å². The molecule has 0 aliphatic carbocycles. The van der Waals surface area contributed by atoms with E-state index in [1.54, 1.807) is 0 Å². The van der Waals surface area contributed by atoms with E-state index in [0.717, 1.165) is 17.6 Å². The van der Waals surface area contributed by atoms with Crippen molar-refractivity contribution in [3.8, 4) is 0 Å². The molecule has 0 aromatic heterocycles. The highest BCUT2D eigenvalue weighted by atomic mass is 79.9. The summed E-state index contributed by atoms with van der Waals surface area (Å²) in [6.07, 6.45) is 0. The molecule has 0 aliphatic heterocycles. The first-order chi connectivity index (χ1) is 8.43. The Labute approximate surface area is 125 Å². The number of rotatable bonds is 6. The van der Waals surface area contributed by atoms with Crippen LogP contribution in [0, 0.1) is 11.8 Å². The molecule has 18 heavy (non-hydrogen) atoms. The van der Waals surface area contributed by atoms with Gasteiger partial charge in [0, 0.05) is 29.1 Å². The molecule has 1 aromatic carbocycles. The summed E-state index contributed by atoms with van der Waals surface area (Å²) in [5.74, 6) is 1.85. The highest BCUT2D eigenvalue weighted by Crippen LogP contribution is 2.28. The highest BCUT2D eigenvalue weighted by molar-refractivity contribution is 9.10. The minimum Gasteiger partial charge on any atom is -0.371 e. The van der Waals surface area contributed by atoms with Crippen molar-refractivity contribution in [1.29, 1.82) is 0 Å². The largest absolute Gasteiger partial charge is 0.371 e. The van der Waals surface area contributed by atoms with Crippen molar-refractivity contribution in [1.82, 2.24) is 0 Å². The van der Waals surface area contributed by atoms with Gasteiger partial charge in [-0.15, -0.1) is 11.6 Å². The Kier molecular flexibility index (Phi) is 6.51. The summed E-state index contributed by atoms with van der Waals surface area (Å²) in [4.78, 5) is 2.46. The van der Waals surface area contributed by atoms with Crippen molar-refractivity contribution >= 4 is 33.2 Å². The molecule has 1 rings (SSSR count). The zero-order valence-corrected chi connectivity index (χ0v) is 14.1. The molecular weight excluding hydrogens is 310 g/mol. The lowest BCUT2D eigenvalue weighted by molar-refractivity contribution is 0.552. The van der Waals surface area contributed by atoms with Crippen LogP contribution >= 0.6 is 27.5 Å². The van der Waals surface area contributed by atoms with Crippen molar-refractivity contribution in [3.63, 3.8) is 0 Å². The third-order valence-electron chi connectivity index (χ3n) is 2.70. The summed E-state index contributed by atoms with van der Waals surface area (Å²) in [5, 5.41) is 0. The van der Waals surface area contributed by atoms with E-state index in [1.165, 1.54) is 11.3 Å². The van der Waals surface area contributed by atoms with Crippen LogP contribution in [0.25, 0.3) is 0 Å². The van der Waals surface area contributed by atoms with Gasteiger partial charge in [0.15, 0.2) is 0 Å². The summed E-state index contributed by atoms with van der Waals surface area (Å²) in [6, 6.07) is 6.35. The van der Waals surface area contributed by atoms with E-state index in [0.29, 0.717) is 17.7 Å². The average molecular weight is 333 g/mol. The number of benzene rings is 1. The smallest absolute Gasteiger partial charge is 0.0494 e. The second kappa shape index (κ2) is 7.40. The molecule has 0 saturated carbocycles. The molecule has 0 unspecified atom stereocenters. The lowest BCUT2D eigenvalue weighted by Crippen LogP contribution is -2.32. The molecule has 0 heterocycles. The van der Waals surface area contributed by atoms with E-state index in [2.05, 4.69) is 66.7 Å². The van der Waals surface area contributed by atoms with Crippen LogP contribution in [0.3, 0.4) is 0 Å². The number of hydrogen-bond donors (Lipinski definition) is 0. The molecule has 0 atom stereocenters. The third kappa shape index (κ3) is 4.81. The average Bonchev–Trinajstić information content (AvgIpc) is 2.26. The number of halogens is 2. The molecule has 1 nitrogen and oxygen atoms in total. The maximum atomic E-state index is 6.06. The maximum Gasteiger partial charge on any atom is 0.0494 e. The number of nitrogens with zero attached hydrogens (tertiary/aromatic N) is 1. The van der Waals surface area contributed by atoms with Gasteiger partial charge in [-0.1, -0.05) is 49.7 Å².